The van der Waals surface area contributed by atoms with Crippen molar-refractivity contribution >= 4 is 11.0 Å². The highest BCUT2D eigenvalue weighted by atomic mass is 15.1. The Morgan fingerprint density at radius 3 is 2.59 bits per heavy atom. The van der Waals surface area contributed by atoms with Gasteiger partial charge in [0.15, 0.2) is 0 Å². The van der Waals surface area contributed by atoms with Gasteiger partial charge in [0.25, 0.3) is 0 Å². The maximum atomic E-state index is 4.47. The summed E-state index contributed by atoms with van der Waals surface area (Å²) in [6.07, 6.45) is 7.96. The monoisotopic (exact) mass is 291 g/mol. The smallest absolute Gasteiger partial charge is 0.137 e. The molecule has 0 atom stereocenters. The summed E-state index contributed by atoms with van der Waals surface area (Å²) < 4.78 is 0. The lowest BCUT2D eigenvalue weighted by Crippen LogP contribution is -2.28. The van der Waals surface area contributed by atoms with Crippen LogP contribution in [0.25, 0.3) is 22.2 Å². The first kappa shape index (κ1) is 13.5. The zero-order valence-corrected chi connectivity index (χ0v) is 12.8. The van der Waals surface area contributed by atoms with Crippen LogP contribution >= 0.6 is 0 Å². The zero-order chi connectivity index (χ0) is 14.8. The lowest BCUT2D eigenvalue weighted by Gasteiger charge is -2.26. The molecule has 1 N–H and O–H groups in total. The van der Waals surface area contributed by atoms with E-state index < -0.39 is 0 Å². The van der Waals surface area contributed by atoms with Crippen molar-refractivity contribution < 1.29 is 0 Å². The average Bonchev–Trinajstić information content (AvgIpc) is 3.04. The van der Waals surface area contributed by atoms with Crippen LogP contribution in [0.1, 0.15) is 24.8 Å². The predicted octanol–water partition coefficient (Wildman–Crippen LogP) is 4.22. The van der Waals surface area contributed by atoms with Crippen molar-refractivity contribution in [2.75, 3.05) is 13.1 Å². The van der Waals surface area contributed by atoms with E-state index in [0.29, 0.717) is 0 Å². The van der Waals surface area contributed by atoms with E-state index >= 15 is 0 Å². The van der Waals surface area contributed by atoms with Gasteiger partial charge in [0.1, 0.15) is 5.65 Å². The van der Waals surface area contributed by atoms with Crippen LogP contribution in [0.5, 0.6) is 0 Å². The quantitative estimate of drug-likeness (QED) is 0.783. The van der Waals surface area contributed by atoms with Gasteiger partial charge in [-0.3, -0.25) is 4.90 Å². The molecule has 3 heterocycles. The Bertz CT molecular complexity index is 752. The first-order valence-corrected chi connectivity index (χ1v) is 8.13. The number of hydrogen-bond acceptors (Lipinski definition) is 2. The molecule has 4 rings (SSSR count). The molecule has 0 bridgehead atoms. The van der Waals surface area contributed by atoms with Gasteiger partial charge in [-0.25, -0.2) is 4.98 Å². The Balaban J connectivity index is 1.53. The normalized spacial score (nSPS) is 16.2. The van der Waals surface area contributed by atoms with Gasteiger partial charge in [0.05, 0.1) is 0 Å². The Hall–Kier alpha value is -2.13. The van der Waals surface area contributed by atoms with Gasteiger partial charge in [-0.1, -0.05) is 30.7 Å². The molecule has 0 amide bonds. The highest BCUT2D eigenvalue weighted by Crippen LogP contribution is 2.23. The third-order valence-corrected chi connectivity index (χ3v) is 4.54. The van der Waals surface area contributed by atoms with E-state index in [2.05, 4.69) is 51.3 Å². The average molecular weight is 291 g/mol. The first-order chi connectivity index (χ1) is 10.9. The number of aromatic amines is 1. The number of pyridine rings is 1. The molecule has 0 spiro atoms. The zero-order valence-electron chi connectivity index (χ0n) is 12.8. The van der Waals surface area contributed by atoms with E-state index in [1.165, 1.54) is 49.0 Å². The summed E-state index contributed by atoms with van der Waals surface area (Å²) in [4.78, 5) is 10.2. The number of H-pyrrole nitrogens is 1. The van der Waals surface area contributed by atoms with Crippen molar-refractivity contribution in [1.82, 2.24) is 14.9 Å². The number of rotatable bonds is 3. The van der Waals surface area contributed by atoms with Crippen LogP contribution in [-0.2, 0) is 6.54 Å². The van der Waals surface area contributed by atoms with Crippen molar-refractivity contribution in [3.05, 3.63) is 54.4 Å². The fourth-order valence-corrected chi connectivity index (χ4v) is 3.28. The van der Waals surface area contributed by atoms with Crippen LogP contribution in [0.15, 0.2) is 48.8 Å². The van der Waals surface area contributed by atoms with Crippen LogP contribution in [-0.4, -0.2) is 28.0 Å². The van der Waals surface area contributed by atoms with Crippen LogP contribution < -0.4 is 0 Å². The summed E-state index contributed by atoms with van der Waals surface area (Å²) in [6, 6.07) is 13.2. The molecule has 22 heavy (non-hydrogen) atoms. The Morgan fingerprint density at radius 1 is 0.955 bits per heavy atom. The summed E-state index contributed by atoms with van der Waals surface area (Å²) in [5.74, 6) is 0. The number of aromatic nitrogens is 2. The molecule has 3 heteroatoms. The van der Waals surface area contributed by atoms with Gasteiger partial charge in [-0.2, -0.15) is 0 Å². The van der Waals surface area contributed by atoms with Gasteiger partial charge >= 0.3 is 0 Å². The molecule has 0 aliphatic carbocycles. The molecule has 112 valence electrons. The largest absolute Gasteiger partial charge is 0.346 e. The molecule has 3 aromatic rings. The van der Waals surface area contributed by atoms with Crippen molar-refractivity contribution in [2.45, 2.75) is 25.8 Å². The fourth-order valence-electron chi connectivity index (χ4n) is 3.28. The Morgan fingerprint density at radius 2 is 1.77 bits per heavy atom. The maximum absolute atomic E-state index is 4.47. The van der Waals surface area contributed by atoms with Gasteiger partial charge in [-0.05, 0) is 49.2 Å². The van der Waals surface area contributed by atoms with E-state index in [1.807, 2.05) is 12.4 Å². The van der Waals surface area contributed by atoms with Crippen LogP contribution in [0.4, 0.5) is 0 Å². The first-order valence-electron chi connectivity index (χ1n) is 8.13. The second-order valence-corrected chi connectivity index (χ2v) is 6.17. The van der Waals surface area contributed by atoms with Gasteiger partial charge in [0, 0.05) is 29.9 Å². The van der Waals surface area contributed by atoms with E-state index in [9.17, 15) is 0 Å². The van der Waals surface area contributed by atoms with Crippen LogP contribution in [0.3, 0.4) is 0 Å². The number of likely N-dealkylation sites (tertiary alicyclic amines) is 1. The van der Waals surface area contributed by atoms with Crippen LogP contribution in [0.2, 0.25) is 0 Å². The van der Waals surface area contributed by atoms with Crippen molar-refractivity contribution in [2.24, 2.45) is 0 Å². The minimum atomic E-state index is 0.950. The highest BCUT2D eigenvalue weighted by molar-refractivity contribution is 5.81. The van der Waals surface area contributed by atoms with Crippen LogP contribution in [0, 0.1) is 0 Å². The fraction of sp³-hybridized carbons (Fsp3) is 0.316. The maximum Gasteiger partial charge on any atom is 0.137 e. The second kappa shape index (κ2) is 5.93. The molecule has 2 aromatic heterocycles. The molecule has 1 aliphatic rings. The molecule has 1 fully saturated rings. The summed E-state index contributed by atoms with van der Waals surface area (Å²) in [6.45, 7) is 3.57. The lowest BCUT2D eigenvalue weighted by molar-refractivity contribution is 0.221. The number of benzene rings is 1. The van der Waals surface area contributed by atoms with E-state index in [0.717, 1.165) is 17.6 Å². The number of fused-ring (bicyclic) bond motifs is 1. The van der Waals surface area contributed by atoms with Gasteiger partial charge in [0.2, 0.25) is 0 Å². The minimum absolute atomic E-state index is 0.950. The molecule has 0 saturated carbocycles. The molecule has 1 saturated heterocycles. The summed E-state index contributed by atoms with van der Waals surface area (Å²) >= 11 is 0. The molecule has 0 unspecified atom stereocenters. The van der Waals surface area contributed by atoms with E-state index in [4.69, 9.17) is 0 Å². The van der Waals surface area contributed by atoms with Crippen molar-refractivity contribution in [1.29, 1.82) is 0 Å². The molecule has 3 nitrogen and oxygen atoms in total. The SMILES string of the molecule is c1cc2cc(-c3ccc(CN4CCCCC4)cc3)cnc2[nH]1. The van der Waals surface area contributed by atoms with E-state index in [1.54, 1.807) is 0 Å². The second-order valence-electron chi connectivity index (χ2n) is 6.17. The highest BCUT2D eigenvalue weighted by Gasteiger charge is 2.10. The number of nitrogens with zero attached hydrogens (tertiary/aromatic N) is 2. The summed E-state index contributed by atoms with van der Waals surface area (Å²) in [5, 5.41) is 1.16. The number of hydrogen-bond donors (Lipinski definition) is 1. The standard InChI is InChI=1S/C19H21N3/c1-2-10-22(11-3-1)14-15-4-6-16(7-5-15)18-12-17-8-9-20-19(17)21-13-18/h4-9,12-13H,1-3,10-11,14H2,(H,20,21). The van der Waals surface area contributed by atoms with Crippen molar-refractivity contribution in [3.63, 3.8) is 0 Å². The molecular weight excluding hydrogens is 270 g/mol. The topological polar surface area (TPSA) is 31.9 Å². The molecule has 0 radical (unpaired) electrons. The molecular formula is C19H21N3. The predicted molar refractivity (Wildman–Crippen MR) is 90.7 cm³/mol. The third-order valence-electron chi connectivity index (χ3n) is 4.54. The molecule has 1 aliphatic heterocycles. The Kier molecular flexibility index (Phi) is 3.65. The number of piperidine rings is 1. The van der Waals surface area contributed by atoms with E-state index in [-0.39, 0.29) is 0 Å². The summed E-state index contributed by atoms with van der Waals surface area (Å²) in [5.41, 5.74) is 4.77. The summed E-state index contributed by atoms with van der Waals surface area (Å²) in [7, 11) is 0. The van der Waals surface area contributed by atoms with Crippen molar-refractivity contribution in [3.8, 4) is 11.1 Å². The number of nitrogens with one attached hydrogen (secondary N) is 1. The molecule has 1 aromatic carbocycles. The van der Waals surface area contributed by atoms with Gasteiger partial charge in [-0.15, -0.1) is 0 Å². The lowest BCUT2D eigenvalue weighted by atomic mass is 10.0. The minimum Gasteiger partial charge on any atom is -0.346 e. The Labute approximate surface area is 131 Å². The van der Waals surface area contributed by atoms with Gasteiger partial charge < -0.3 is 4.98 Å². The third kappa shape index (κ3) is 2.77.